The highest BCUT2D eigenvalue weighted by molar-refractivity contribution is 8.00. The molecule has 0 heterocycles. The van der Waals surface area contributed by atoms with E-state index in [1.54, 1.807) is 0 Å². The molecule has 0 saturated carbocycles. The van der Waals surface area contributed by atoms with Gasteiger partial charge in [-0.05, 0) is 18.9 Å². The van der Waals surface area contributed by atoms with Gasteiger partial charge in [0.1, 0.15) is 5.25 Å². The topological polar surface area (TPSA) is 37.3 Å². The Bertz CT molecular complexity index is 359. The highest BCUT2D eigenvalue weighted by Crippen LogP contribution is 2.18. The van der Waals surface area contributed by atoms with Gasteiger partial charge in [0, 0.05) is 5.75 Å². The molecule has 3 heteroatoms. The molecule has 0 spiro atoms. The predicted molar refractivity (Wildman–Crippen MR) is 68.8 cm³/mol. The number of hydrogen-bond acceptors (Lipinski definition) is 2. The zero-order valence-corrected chi connectivity index (χ0v) is 10.2. The lowest BCUT2D eigenvalue weighted by Gasteiger charge is -2.11. The molecule has 16 heavy (non-hydrogen) atoms. The number of benzene rings is 1. The molecule has 86 valence electrons. The first-order valence-corrected chi connectivity index (χ1v) is 6.17. The summed E-state index contributed by atoms with van der Waals surface area (Å²) in [6.45, 7) is 5.69. The van der Waals surface area contributed by atoms with Gasteiger partial charge in [-0.15, -0.1) is 11.8 Å². The van der Waals surface area contributed by atoms with E-state index in [2.05, 4.69) is 6.58 Å². The third kappa shape index (κ3) is 4.53. The summed E-state index contributed by atoms with van der Waals surface area (Å²) in [7, 11) is 0. The van der Waals surface area contributed by atoms with Crippen LogP contribution in [-0.4, -0.2) is 22.1 Å². The van der Waals surface area contributed by atoms with Gasteiger partial charge in [0.25, 0.3) is 0 Å². The van der Waals surface area contributed by atoms with Crippen molar-refractivity contribution in [1.82, 2.24) is 0 Å². The summed E-state index contributed by atoms with van der Waals surface area (Å²) in [5, 5.41) is 8.71. The van der Waals surface area contributed by atoms with Gasteiger partial charge in [-0.2, -0.15) is 0 Å². The van der Waals surface area contributed by atoms with Crippen LogP contribution in [0.3, 0.4) is 0 Å². The number of rotatable bonds is 6. The Hall–Kier alpha value is -1.22. The average Bonchev–Trinajstić information content (AvgIpc) is 2.25. The SMILES string of the molecule is C=C(C)CSC(Cc1ccccc1)C(=O)O. The molecule has 0 aliphatic heterocycles. The minimum Gasteiger partial charge on any atom is -0.480 e. The largest absolute Gasteiger partial charge is 0.480 e. The van der Waals surface area contributed by atoms with Crippen molar-refractivity contribution < 1.29 is 9.90 Å². The molecule has 1 aromatic rings. The van der Waals surface area contributed by atoms with Crippen molar-refractivity contribution in [2.45, 2.75) is 18.6 Å². The zero-order chi connectivity index (χ0) is 12.0. The van der Waals surface area contributed by atoms with Crippen LogP contribution < -0.4 is 0 Å². The van der Waals surface area contributed by atoms with E-state index >= 15 is 0 Å². The fourth-order valence-corrected chi connectivity index (χ4v) is 2.23. The van der Waals surface area contributed by atoms with Gasteiger partial charge in [-0.1, -0.05) is 42.5 Å². The van der Waals surface area contributed by atoms with Crippen molar-refractivity contribution in [2.24, 2.45) is 0 Å². The second-order valence-electron chi connectivity index (χ2n) is 3.78. The Morgan fingerprint density at radius 1 is 1.44 bits per heavy atom. The Labute approximate surface area is 100 Å². The molecule has 0 saturated heterocycles. The highest BCUT2D eigenvalue weighted by atomic mass is 32.2. The molecule has 0 amide bonds. The standard InChI is InChI=1S/C13H16O2S/c1-10(2)9-16-12(13(14)15)8-11-6-4-3-5-7-11/h3-7,12H,1,8-9H2,2H3,(H,14,15). The van der Waals surface area contributed by atoms with Crippen molar-refractivity contribution in [3.8, 4) is 0 Å². The van der Waals surface area contributed by atoms with Crippen LogP contribution >= 0.6 is 11.8 Å². The first kappa shape index (κ1) is 12.8. The van der Waals surface area contributed by atoms with Gasteiger partial charge in [0.05, 0.1) is 0 Å². The molecule has 1 N–H and O–H groups in total. The van der Waals surface area contributed by atoms with Crippen molar-refractivity contribution in [1.29, 1.82) is 0 Å². The number of thioether (sulfide) groups is 1. The summed E-state index contributed by atoms with van der Waals surface area (Å²) in [6, 6.07) is 9.70. The molecule has 1 aromatic carbocycles. The number of carboxylic acids is 1. The van der Waals surface area contributed by atoms with E-state index in [1.807, 2.05) is 37.3 Å². The van der Waals surface area contributed by atoms with Gasteiger partial charge in [0.2, 0.25) is 0 Å². The van der Waals surface area contributed by atoms with Crippen LogP contribution in [0.25, 0.3) is 0 Å². The summed E-state index contributed by atoms with van der Waals surface area (Å²) in [5.74, 6) is -0.0563. The first-order chi connectivity index (χ1) is 7.59. The second-order valence-corrected chi connectivity index (χ2v) is 4.98. The van der Waals surface area contributed by atoms with E-state index in [4.69, 9.17) is 5.11 Å². The predicted octanol–water partition coefficient (Wildman–Crippen LogP) is 2.99. The first-order valence-electron chi connectivity index (χ1n) is 5.12. The summed E-state index contributed by atoms with van der Waals surface area (Å²) in [6.07, 6.45) is 0.564. The van der Waals surface area contributed by atoms with Crippen LogP contribution in [0.1, 0.15) is 12.5 Å². The third-order valence-corrected chi connectivity index (χ3v) is 3.50. The molecule has 0 bridgehead atoms. The van der Waals surface area contributed by atoms with E-state index in [1.165, 1.54) is 11.8 Å². The Morgan fingerprint density at radius 3 is 2.56 bits per heavy atom. The van der Waals surface area contributed by atoms with Gasteiger partial charge in [-0.3, -0.25) is 4.79 Å². The average molecular weight is 236 g/mol. The third-order valence-electron chi connectivity index (χ3n) is 2.07. The van der Waals surface area contributed by atoms with E-state index in [0.29, 0.717) is 12.2 Å². The molecule has 0 aromatic heterocycles. The number of carbonyl (C=O) groups is 1. The summed E-state index contributed by atoms with van der Waals surface area (Å²) < 4.78 is 0. The molecule has 0 fully saturated rings. The molecule has 0 aliphatic carbocycles. The smallest absolute Gasteiger partial charge is 0.316 e. The van der Waals surface area contributed by atoms with Crippen LogP contribution in [0.4, 0.5) is 0 Å². The lowest BCUT2D eigenvalue weighted by Crippen LogP contribution is -2.19. The number of hydrogen-bond donors (Lipinski definition) is 1. The molecular formula is C13H16O2S. The number of aliphatic carboxylic acids is 1. The summed E-state index contributed by atoms with van der Waals surface area (Å²) in [4.78, 5) is 11.1. The van der Waals surface area contributed by atoms with Crippen molar-refractivity contribution in [2.75, 3.05) is 5.75 Å². The van der Waals surface area contributed by atoms with Crippen LogP contribution in [-0.2, 0) is 11.2 Å². The lowest BCUT2D eigenvalue weighted by atomic mass is 10.1. The molecular weight excluding hydrogens is 220 g/mol. The maximum atomic E-state index is 11.1. The Morgan fingerprint density at radius 2 is 2.06 bits per heavy atom. The molecule has 2 nitrogen and oxygen atoms in total. The maximum Gasteiger partial charge on any atom is 0.316 e. The minimum absolute atomic E-state index is 0.390. The molecule has 0 radical (unpaired) electrons. The molecule has 1 atom stereocenters. The van der Waals surface area contributed by atoms with Gasteiger partial charge < -0.3 is 5.11 Å². The van der Waals surface area contributed by atoms with Crippen LogP contribution in [0.5, 0.6) is 0 Å². The Balaban J connectivity index is 2.58. The summed E-state index contributed by atoms with van der Waals surface area (Å²) in [5.41, 5.74) is 2.06. The Kier molecular flexibility index (Phi) is 5.12. The van der Waals surface area contributed by atoms with Crippen LogP contribution in [0.2, 0.25) is 0 Å². The van der Waals surface area contributed by atoms with Crippen molar-refractivity contribution in [3.05, 3.63) is 48.0 Å². The van der Waals surface area contributed by atoms with Crippen LogP contribution in [0, 0.1) is 0 Å². The van der Waals surface area contributed by atoms with E-state index in [0.717, 1.165) is 11.1 Å². The quantitative estimate of drug-likeness (QED) is 0.771. The fourth-order valence-electron chi connectivity index (χ4n) is 1.29. The maximum absolute atomic E-state index is 11.1. The zero-order valence-electron chi connectivity index (χ0n) is 9.35. The molecule has 0 aliphatic rings. The van der Waals surface area contributed by atoms with E-state index in [9.17, 15) is 4.79 Å². The molecule has 1 rings (SSSR count). The van der Waals surface area contributed by atoms with Gasteiger partial charge >= 0.3 is 5.97 Å². The molecule has 1 unspecified atom stereocenters. The van der Waals surface area contributed by atoms with E-state index in [-0.39, 0.29) is 5.25 Å². The van der Waals surface area contributed by atoms with E-state index < -0.39 is 5.97 Å². The summed E-state index contributed by atoms with van der Waals surface area (Å²) >= 11 is 1.43. The monoisotopic (exact) mass is 236 g/mol. The van der Waals surface area contributed by atoms with Crippen molar-refractivity contribution >= 4 is 17.7 Å². The van der Waals surface area contributed by atoms with Crippen molar-refractivity contribution in [3.63, 3.8) is 0 Å². The van der Waals surface area contributed by atoms with Crippen LogP contribution in [0.15, 0.2) is 42.5 Å². The lowest BCUT2D eigenvalue weighted by molar-refractivity contribution is -0.136. The second kappa shape index (κ2) is 6.38. The highest BCUT2D eigenvalue weighted by Gasteiger charge is 2.18. The van der Waals surface area contributed by atoms with Gasteiger partial charge in [-0.25, -0.2) is 0 Å². The minimum atomic E-state index is -0.755. The van der Waals surface area contributed by atoms with Gasteiger partial charge in [0.15, 0.2) is 0 Å². The number of carboxylic acid groups (broad SMARTS) is 1. The fraction of sp³-hybridized carbons (Fsp3) is 0.308. The normalized spacial score (nSPS) is 12.1.